The van der Waals surface area contributed by atoms with Gasteiger partial charge in [-0.15, -0.1) is 6.58 Å². The van der Waals surface area contributed by atoms with Gasteiger partial charge in [0.2, 0.25) is 0 Å². The van der Waals surface area contributed by atoms with E-state index in [4.69, 9.17) is 0 Å². The van der Waals surface area contributed by atoms with E-state index in [2.05, 4.69) is 6.58 Å². The topological polar surface area (TPSA) is 17.1 Å². The molecule has 0 aromatic heterocycles. The predicted molar refractivity (Wildman–Crippen MR) is 54.7 cm³/mol. The zero-order valence-corrected chi connectivity index (χ0v) is 7.86. The van der Waals surface area contributed by atoms with Gasteiger partial charge in [-0.05, 0) is 18.9 Å². The Kier molecular flexibility index (Phi) is 3.44. The molecular formula is C12H14O. The molecule has 1 heteroatoms. The lowest BCUT2D eigenvalue weighted by atomic mass is 9.94. The summed E-state index contributed by atoms with van der Waals surface area (Å²) in [6.45, 7) is 5.75. The summed E-state index contributed by atoms with van der Waals surface area (Å²) < 4.78 is 0. The van der Waals surface area contributed by atoms with E-state index >= 15 is 0 Å². The molecule has 0 N–H and O–H groups in total. The van der Waals surface area contributed by atoms with Crippen LogP contribution in [0.25, 0.3) is 0 Å². The Hall–Kier alpha value is -1.37. The lowest BCUT2D eigenvalue weighted by Gasteiger charge is -2.09. The standard InChI is InChI=1S/C12H14O/c1-10(2)8-12(9-13)11-6-4-3-5-7-11/h3-7,9,12H,1,8H2,2H3. The van der Waals surface area contributed by atoms with Gasteiger partial charge >= 0.3 is 0 Å². The average molecular weight is 174 g/mol. The molecule has 0 heterocycles. The van der Waals surface area contributed by atoms with E-state index in [-0.39, 0.29) is 5.92 Å². The second-order valence-electron chi connectivity index (χ2n) is 3.31. The highest BCUT2D eigenvalue weighted by Crippen LogP contribution is 2.20. The van der Waals surface area contributed by atoms with Gasteiger partial charge in [-0.25, -0.2) is 0 Å². The minimum absolute atomic E-state index is 0.0290. The SMILES string of the molecule is C=C(C)CC(C=O)c1ccccc1. The van der Waals surface area contributed by atoms with Crippen LogP contribution in [0.2, 0.25) is 0 Å². The van der Waals surface area contributed by atoms with Crippen molar-refractivity contribution < 1.29 is 4.79 Å². The molecule has 1 rings (SSSR count). The molecule has 68 valence electrons. The third-order valence-electron chi connectivity index (χ3n) is 1.96. The zero-order valence-electron chi connectivity index (χ0n) is 7.86. The zero-order chi connectivity index (χ0) is 9.68. The summed E-state index contributed by atoms with van der Waals surface area (Å²) in [5.74, 6) is -0.0290. The van der Waals surface area contributed by atoms with Gasteiger partial charge in [0, 0.05) is 5.92 Å². The minimum Gasteiger partial charge on any atom is -0.303 e. The fourth-order valence-corrected chi connectivity index (χ4v) is 1.32. The number of carbonyl (C=O) groups is 1. The van der Waals surface area contributed by atoms with Crippen molar-refractivity contribution in [1.82, 2.24) is 0 Å². The number of carbonyl (C=O) groups excluding carboxylic acids is 1. The quantitative estimate of drug-likeness (QED) is 0.506. The first-order valence-electron chi connectivity index (χ1n) is 4.38. The number of benzene rings is 1. The summed E-state index contributed by atoms with van der Waals surface area (Å²) in [5, 5.41) is 0. The molecule has 13 heavy (non-hydrogen) atoms. The van der Waals surface area contributed by atoms with E-state index in [1.54, 1.807) is 0 Å². The smallest absolute Gasteiger partial charge is 0.127 e. The second-order valence-corrected chi connectivity index (χ2v) is 3.31. The molecule has 0 saturated heterocycles. The van der Waals surface area contributed by atoms with Crippen molar-refractivity contribution in [3.8, 4) is 0 Å². The van der Waals surface area contributed by atoms with E-state index in [0.29, 0.717) is 0 Å². The molecule has 0 aliphatic carbocycles. The van der Waals surface area contributed by atoms with Crippen LogP contribution in [0.4, 0.5) is 0 Å². The monoisotopic (exact) mass is 174 g/mol. The summed E-state index contributed by atoms with van der Waals surface area (Å²) in [4.78, 5) is 10.8. The molecule has 0 spiro atoms. The highest BCUT2D eigenvalue weighted by molar-refractivity contribution is 5.62. The molecule has 1 aromatic carbocycles. The Morgan fingerprint density at radius 1 is 1.46 bits per heavy atom. The van der Waals surface area contributed by atoms with E-state index in [1.807, 2.05) is 37.3 Å². The van der Waals surface area contributed by atoms with Crippen molar-refractivity contribution in [2.45, 2.75) is 19.3 Å². The maximum absolute atomic E-state index is 10.8. The van der Waals surface area contributed by atoms with Crippen molar-refractivity contribution in [2.24, 2.45) is 0 Å². The molecule has 0 aliphatic rings. The fraction of sp³-hybridized carbons (Fsp3) is 0.250. The Bertz CT molecular complexity index is 287. The summed E-state index contributed by atoms with van der Waals surface area (Å²) >= 11 is 0. The van der Waals surface area contributed by atoms with Crippen molar-refractivity contribution >= 4 is 6.29 Å². The van der Waals surface area contributed by atoms with E-state index in [0.717, 1.165) is 23.8 Å². The summed E-state index contributed by atoms with van der Waals surface area (Å²) in [7, 11) is 0. The average Bonchev–Trinajstić information content (AvgIpc) is 2.15. The van der Waals surface area contributed by atoms with Gasteiger partial charge in [-0.2, -0.15) is 0 Å². The van der Waals surface area contributed by atoms with Crippen LogP contribution in [0.5, 0.6) is 0 Å². The van der Waals surface area contributed by atoms with E-state index in [9.17, 15) is 4.79 Å². The van der Waals surface area contributed by atoms with Crippen LogP contribution in [-0.2, 0) is 4.79 Å². The van der Waals surface area contributed by atoms with Crippen molar-refractivity contribution in [1.29, 1.82) is 0 Å². The van der Waals surface area contributed by atoms with Crippen LogP contribution < -0.4 is 0 Å². The summed E-state index contributed by atoms with van der Waals surface area (Å²) in [5.41, 5.74) is 2.11. The van der Waals surface area contributed by atoms with E-state index < -0.39 is 0 Å². The maximum Gasteiger partial charge on any atom is 0.127 e. The van der Waals surface area contributed by atoms with Gasteiger partial charge in [0.05, 0.1) is 0 Å². The van der Waals surface area contributed by atoms with Gasteiger partial charge in [-0.3, -0.25) is 0 Å². The van der Waals surface area contributed by atoms with Crippen LogP contribution in [0.15, 0.2) is 42.5 Å². The largest absolute Gasteiger partial charge is 0.303 e. The molecule has 1 nitrogen and oxygen atoms in total. The van der Waals surface area contributed by atoms with Crippen molar-refractivity contribution in [3.63, 3.8) is 0 Å². The van der Waals surface area contributed by atoms with E-state index in [1.165, 1.54) is 0 Å². The van der Waals surface area contributed by atoms with Gasteiger partial charge in [-0.1, -0.05) is 35.9 Å². The number of hydrogen-bond acceptors (Lipinski definition) is 1. The highest BCUT2D eigenvalue weighted by atomic mass is 16.1. The molecular weight excluding hydrogens is 160 g/mol. The lowest BCUT2D eigenvalue weighted by Crippen LogP contribution is -2.00. The van der Waals surface area contributed by atoms with Crippen LogP contribution in [-0.4, -0.2) is 6.29 Å². The molecule has 0 saturated carbocycles. The Morgan fingerprint density at radius 2 is 2.08 bits per heavy atom. The van der Waals surface area contributed by atoms with Crippen LogP contribution in [0, 0.1) is 0 Å². The minimum atomic E-state index is -0.0290. The molecule has 0 fully saturated rings. The molecule has 1 aromatic rings. The number of aldehydes is 1. The maximum atomic E-state index is 10.8. The Morgan fingerprint density at radius 3 is 2.54 bits per heavy atom. The lowest BCUT2D eigenvalue weighted by molar-refractivity contribution is -0.109. The molecule has 0 amide bonds. The molecule has 0 radical (unpaired) electrons. The normalized spacial score (nSPS) is 12.1. The summed E-state index contributed by atoms with van der Waals surface area (Å²) in [6, 6.07) is 9.80. The fourth-order valence-electron chi connectivity index (χ4n) is 1.32. The third-order valence-corrected chi connectivity index (χ3v) is 1.96. The van der Waals surface area contributed by atoms with Gasteiger partial charge < -0.3 is 4.79 Å². The second kappa shape index (κ2) is 4.61. The van der Waals surface area contributed by atoms with Crippen molar-refractivity contribution in [3.05, 3.63) is 48.0 Å². The van der Waals surface area contributed by atoms with Crippen LogP contribution >= 0.6 is 0 Å². The first-order chi connectivity index (χ1) is 6.24. The highest BCUT2D eigenvalue weighted by Gasteiger charge is 2.08. The Balaban J connectivity index is 2.78. The first-order valence-corrected chi connectivity index (χ1v) is 4.38. The Labute approximate surface area is 79.1 Å². The molecule has 0 bridgehead atoms. The van der Waals surface area contributed by atoms with Gasteiger partial charge in [0.15, 0.2) is 0 Å². The number of hydrogen-bond donors (Lipinski definition) is 0. The number of rotatable bonds is 4. The molecule has 1 unspecified atom stereocenters. The molecule has 0 aliphatic heterocycles. The summed E-state index contributed by atoms with van der Waals surface area (Å²) in [6.07, 6.45) is 1.73. The molecule has 1 atom stereocenters. The first kappa shape index (κ1) is 9.72. The predicted octanol–water partition coefficient (Wildman–Crippen LogP) is 2.94. The third kappa shape index (κ3) is 2.86. The van der Waals surface area contributed by atoms with Crippen molar-refractivity contribution in [2.75, 3.05) is 0 Å². The van der Waals surface area contributed by atoms with Gasteiger partial charge in [0.25, 0.3) is 0 Å². The van der Waals surface area contributed by atoms with Gasteiger partial charge in [0.1, 0.15) is 6.29 Å². The number of allylic oxidation sites excluding steroid dienone is 1. The van der Waals surface area contributed by atoms with Crippen LogP contribution in [0.3, 0.4) is 0 Å². The van der Waals surface area contributed by atoms with Crippen LogP contribution in [0.1, 0.15) is 24.8 Å².